The van der Waals surface area contributed by atoms with Crippen LogP contribution >= 0.6 is 0 Å². The number of hydrogen-bond acceptors (Lipinski definition) is 1. The lowest BCUT2D eigenvalue weighted by Crippen LogP contribution is -2.13. The highest BCUT2D eigenvalue weighted by Gasteiger charge is 2.32. The van der Waals surface area contributed by atoms with Gasteiger partial charge in [0.25, 0.3) is 5.92 Å². The van der Waals surface area contributed by atoms with Gasteiger partial charge in [0, 0.05) is 12.0 Å². The minimum atomic E-state index is -3.02. The summed E-state index contributed by atoms with van der Waals surface area (Å²) in [5.74, 6) is -3.66. The summed E-state index contributed by atoms with van der Waals surface area (Å²) in [4.78, 5) is 0. The number of phenolic OH excluding ortho intramolecular Hbond substituents is 1. The molecule has 100 valence electrons. The lowest BCUT2D eigenvalue weighted by Gasteiger charge is -2.19. The number of rotatable bonds is 3. The Bertz CT molecular complexity index is 594. The third kappa shape index (κ3) is 2.72. The Hall–Kier alpha value is -1.97. The predicted molar refractivity (Wildman–Crippen MR) is 67.7 cm³/mol. The van der Waals surface area contributed by atoms with Gasteiger partial charge in [-0.05, 0) is 41.5 Å². The molecule has 0 amide bonds. The fourth-order valence-electron chi connectivity index (χ4n) is 1.94. The van der Waals surface area contributed by atoms with Crippen LogP contribution in [-0.4, -0.2) is 5.11 Å². The van der Waals surface area contributed by atoms with Crippen LogP contribution < -0.4 is 0 Å². The van der Waals surface area contributed by atoms with E-state index in [0.717, 1.165) is 0 Å². The second-order valence-corrected chi connectivity index (χ2v) is 4.30. The highest BCUT2D eigenvalue weighted by molar-refractivity contribution is 5.70. The summed E-state index contributed by atoms with van der Waals surface area (Å²) in [6, 6.07) is 9.01. The van der Waals surface area contributed by atoms with E-state index in [4.69, 9.17) is 0 Å². The van der Waals surface area contributed by atoms with Crippen molar-refractivity contribution in [3.8, 4) is 16.9 Å². The third-order valence-corrected chi connectivity index (χ3v) is 2.98. The van der Waals surface area contributed by atoms with Crippen molar-refractivity contribution in [2.45, 2.75) is 19.3 Å². The molecule has 0 aliphatic rings. The average Bonchev–Trinajstić information content (AvgIpc) is 2.38. The summed E-state index contributed by atoms with van der Waals surface area (Å²) in [5.41, 5.74) is 0.253. The van der Waals surface area contributed by atoms with E-state index >= 15 is 0 Å². The van der Waals surface area contributed by atoms with Crippen LogP contribution in [0, 0.1) is 5.82 Å². The first-order valence-electron chi connectivity index (χ1n) is 5.91. The molecule has 2 aromatic carbocycles. The molecule has 0 heterocycles. The molecule has 0 spiro atoms. The van der Waals surface area contributed by atoms with Gasteiger partial charge in [-0.2, -0.15) is 0 Å². The Balaban J connectivity index is 2.65. The van der Waals surface area contributed by atoms with Crippen molar-refractivity contribution >= 4 is 0 Å². The van der Waals surface area contributed by atoms with Crippen molar-refractivity contribution in [3.05, 3.63) is 53.8 Å². The maximum atomic E-state index is 13.9. The number of phenols is 1. The second kappa shape index (κ2) is 4.96. The summed E-state index contributed by atoms with van der Waals surface area (Å²) >= 11 is 0. The molecule has 0 bridgehead atoms. The highest BCUT2D eigenvalue weighted by Crippen LogP contribution is 2.39. The van der Waals surface area contributed by atoms with Gasteiger partial charge in [0.05, 0.1) is 0 Å². The summed E-state index contributed by atoms with van der Waals surface area (Å²) < 4.78 is 41.0. The Morgan fingerprint density at radius 2 is 1.84 bits per heavy atom. The molecule has 0 atom stereocenters. The van der Waals surface area contributed by atoms with Crippen LogP contribution in [0.4, 0.5) is 13.2 Å². The van der Waals surface area contributed by atoms with E-state index < -0.39 is 11.7 Å². The smallest absolute Gasteiger partial charge is 0.273 e. The van der Waals surface area contributed by atoms with Gasteiger partial charge >= 0.3 is 0 Å². The molecule has 2 aromatic rings. The Morgan fingerprint density at radius 1 is 1.11 bits per heavy atom. The van der Waals surface area contributed by atoms with Crippen molar-refractivity contribution in [3.63, 3.8) is 0 Å². The molecule has 1 N–H and O–H groups in total. The summed E-state index contributed by atoms with van der Waals surface area (Å²) in [5, 5.41) is 9.47. The van der Waals surface area contributed by atoms with Crippen LogP contribution in [0.15, 0.2) is 42.5 Å². The van der Waals surface area contributed by atoms with Gasteiger partial charge in [-0.25, -0.2) is 13.2 Å². The zero-order valence-corrected chi connectivity index (χ0v) is 10.3. The van der Waals surface area contributed by atoms with E-state index in [1.807, 2.05) is 0 Å². The summed E-state index contributed by atoms with van der Waals surface area (Å²) in [6.07, 6.45) is -0.361. The number of aromatic hydroxyl groups is 1. The maximum Gasteiger partial charge on any atom is 0.273 e. The lowest BCUT2D eigenvalue weighted by molar-refractivity contribution is -0.00771. The molecule has 19 heavy (non-hydrogen) atoms. The zero-order chi connectivity index (χ0) is 14.0. The Labute approximate surface area is 109 Å². The van der Waals surface area contributed by atoms with Crippen LogP contribution in [0.5, 0.6) is 5.75 Å². The van der Waals surface area contributed by atoms with Crippen LogP contribution in [0.2, 0.25) is 0 Å². The van der Waals surface area contributed by atoms with Gasteiger partial charge in [-0.1, -0.05) is 19.1 Å². The molecule has 0 radical (unpaired) electrons. The largest absolute Gasteiger partial charge is 0.508 e. The van der Waals surface area contributed by atoms with E-state index in [2.05, 4.69) is 0 Å². The molecule has 0 fully saturated rings. The first-order chi connectivity index (χ1) is 8.94. The van der Waals surface area contributed by atoms with Gasteiger partial charge in [0.1, 0.15) is 11.6 Å². The predicted octanol–water partition coefficient (Wildman–Crippen LogP) is 4.70. The zero-order valence-electron chi connectivity index (χ0n) is 10.3. The van der Waals surface area contributed by atoms with Crippen molar-refractivity contribution in [2.24, 2.45) is 0 Å². The number of alkyl halides is 2. The average molecular weight is 266 g/mol. The minimum absolute atomic E-state index is 0.130. The molecular weight excluding hydrogens is 253 g/mol. The molecule has 1 nitrogen and oxygen atoms in total. The Kier molecular flexibility index (Phi) is 3.51. The summed E-state index contributed by atoms with van der Waals surface area (Å²) in [6.45, 7) is 1.38. The fourth-order valence-corrected chi connectivity index (χ4v) is 1.94. The number of hydrogen-bond donors (Lipinski definition) is 1. The van der Waals surface area contributed by atoms with Crippen molar-refractivity contribution in [1.29, 1.82) is 0 Å². The summed E-state index contributed by atoms with van der Waals surface area (Å²) in [7, 11) is 0. The van der Waals surface area contributed by atoms with Gasteiger partial charge < -0.3 is 5.11 Å². The topological polar surface area (TPSA) is 20.2 Å². The molecule has 0 unspecified atom stereocenters. The van der Waals surface area contributed by atoms with Crippen molar-refractivity contribution in [1.82, 2.24) is 0 Å². The minimum Gasteiger partial charge on any atom is -0.508 e. The van der Waals surface area contributed by atoms with Gasteiger partial charge in [-0.15, -0.1) is 0 Å². The third-order valence-electron chi connectivity index (χ3n) is 2.98. The molecule has 4 heteroatoms. The van der Waals surface area contributed by atoms with Crippen LogP contribution in [-0.2, 0) is 5.92 Å². The molecule has 0 saturated carbocycles. The van der Waals surface area contributed by atoms with E-state index in [9.17, 15) is 18.3 Å². The standard InChI is InChI=1S/C15H13F3O/c1-2-15(17,18)14-7-6-12(19)9-13(14)10-4-3-5-11(16)8-10/h3-9,19H,2H2,1H3. The normalized spacial score (nSPS) is 11.6. The molecule has 0 aliphatic carbocycles. The SMILES string of the molecule is CCC(F)(F)c1ccc(O)cc1-c1cccc(F)c1. The fraction of sp³-hybridized carbons (Fsp3) is 0.200. The second-order valence-electron chi connectivity index (χ2n) is 4.30. The van der Waals surface area contributed by atoms with Crippen molar-refractivity contribution in [2.75, 3.05) is 0 Å². The molecule has 0 aliphatic heterocycles. The quantitative estimate of drug-likeness (QED) is 0.853. The monoisotopic (exact) mass is 266 g/mol. The molecule has 2 rings (SSSR count). The van der Waals surface area contributed by atoms with Gasteiger partial charge in [0.2, 0.25) is 0 Å². The highest BCUT2D eigenvalue weighted by atomic mass is 19.3. The van der Waals surface area contributed by atoms with Crippen LogP contribution in [0.3, 0.4) is 0 Å². The van der Waals surface area contributed by atoms with Gasteiger partial charge in [0.15, 0.2) is 0 Å². The number of benzene rings is 2. The Morgan fingerprint density at radius 3 is 2.47 bits per heavy atom. The number of halogens is 3. The van der Waals surface area contributed by atoms with E-state index in [1.165, 1.54) is 49.4 Å². The maximum absolute atomic E-state index is 13.9. The molecule has 0 saturated heterocycles. The first-order valence-corrected chi connectivity index (χ1v) is 5.91. The van der Waals surface area contributed by atoms with Crippen LogP contribution in [0.25, 0.3) is 11.1 Å². The first kappa shape index (κ1) is 13.5. The van der Waals surface area contributed by atoms with Crippen LogP contribution in [0.1, 0.15) is 18.9 Å². The van der Waals surface area contributed by atoms with E-state index in [0.29, 0.717) is 5.56 Å². The van der Waals surface area contributed by atoms with Crippen molar-refractivity contribution < 1.29 is 18.3 Å². The lowest BCUT2D eigenvalue weighted by atomic mass is 9.94. The molecular formula is C15H13F3O. The molecule has 0 aromatic heterocycles. The van der Waals surface area contributed by atoms with E-state index in [-0.39, 0.29) is 23.3 Å². The van der Waals surface area contributed by atoms with E-state index in [1.54, 1.807) is 0 Å². The van der Waals surface area contributed by atoms with Gasteiger partial charge in [-0.3, -0.25) is 0 Å².